The van der Waals surface area contributed by atoms with E-state index >= 15 is 0 Å². The molecule has 2 aliphatic rings. The molecular weight excluding hydrogens is 216 g/mol. The van der Waals surface area contributed by atoms with Crippen molar-refractivity contribution in [2.45, 2.75) is 44.6 Å². The lowest BCUT2D eigenvalue weighted by molar-refractivity contribution is -0.123. The molecule has 2 aliphatic heterocycles. The van der Waals surface area contributed by atoms with Crippen molar-refractivity contribution in [1.82, 2.24) is 10.6 Å². The van der Waals surface area contributed by atoms with Crippen LogP contribution in [0.15, 0.2) is 0 Å². The third-order valence-electron chi connectivity index (χ3n) is 3.90. The number of carbonyl (C=O) groups is 1. The molecular formula is C13H24N2O2. The van der Waals surface area contributed by atoms with Gasteiger partial charge in [0, 0.05) is 13.0 Å². The summed E-state index contributed by atoms with van der Waals surface area (Å²) in [5, 5.41) is 6.47. The number of hydrogen-bond donors (Lipinski definition) is 2. The molecule has 17 heavy (non-hydrogen) atoms. The third kappa shape index (κ3) is 3.96. The van der Waals surface area contributed by atoms with E-state index in [9.17, 15) is 4.79 Å². The van der Waals surface area contributed by atoms with E-state index in [1.807, 2.05) is 0 Å². The second-order valence-electron chi connectivity index (χ2n) is 5.64. The number of rotatable bonds is 4. The summed E-state index contributed by atoms with van der Waals surface area (Å²) in [5.41, 5.74) is -0.120. The Morgan fingerprint density at radius 1 is 1.47 bits per heavy atom. The number of ether oxygens (including phenoxy) is 1. The number of piperidine rings is 1. The third-order valence-corrected chi connectivity index (χ3v) is 3.90. The largest absolute Gasteiger partial charge is 0.379 e. The summed E-state index contributed by atoms with van der Waals surface area (Å²) in [4.78, 5) is 11.9. The van der Waals surface area contributed by atoms with Gasteiger partial charge in [0.1, 0.15) is 0 Å². The Morgan fingerprint density at radius 3 is 2.88 bits per heavy atom. The van der Waals surface area contributed by atoms with E-state index in [1.54, 1.807) is 0 Å². The number of amides is 1. The van der Waals surface area contributed by atoms with Gasteiger partial charge in [-0.2, -0.15) is 0 Å². The van der Waals surface area contributed by atoms with Gasteiger partial charge in [0.25, 0.3) is 0 Å². The van der Waals surface area contributed by atoms with E-state index in [1.165, 1.54) is 12.8 Å². The fourth-order valence-corrected chi connectivity index (χ4v) is 2.67. The van der Waals surface area contributed by atoms with Crippen LogP contribution in [0.5, 0.6) is 0 Å². The number of carbonyl (C=O) groups excluding carboxylic acids is 1. The highest BCUT2D eigenvalue weighted by molar-refractivity contribution is 5.76. The number of hydrogen-bond acceptors (Lipinski definition) is 3. The zero-order valence-corrected chi connectivity index (χ0v) is 10.8. The zero-order valence-electron chi connectivity index (χ0n) is 10.8. The molecule has 4 nitrogen and oxygen atoms in total. The van der Waals surface area contributed by atoms with Crippen LogP contribution in [0.2, 0.25) is 0 Å². The van der Waals surface area contributed by atoms with Crippen molar-refractivity contribution in [1.29, 1.82) is 0 Å². The van der Waals surface area contributed by atoms with Gasteiger partial charge in [-0.15, -0.1) is 0 Å². The van der Waals surface area contributed by atoms with Gasteiger partial charge in [-0.3, -0.25) is 4.79 Å². The van der Waals surface area contributed by atoms with Gasteiger partial charge < -0.3 is 15.4 Å². The zero-order chi connectivity index (χ0) is 12.1. The first-order valence-corrected chi connectivity index (χ1v) is 6.77. The van der Waals surface area contributed by atoms with Gasteiger partial charge in [0.15, 0.2) is 0 Å². The minimum atomic E-state index is -0.120. The molecule has 2 heterocycles. The van der Waals surface area contributed by atoms with E-state index in [0.717, 1.165) is 38.5 Å². The molecule has 98 valence electrons. The van der Waals surface area contributed by atoms with Crippen LogP contribution in [0.4, 0.5) is 0 Å². The second kappa shape index (κ2) is 5.83. The second-order valence-corrected chi connectivity index (χ2v) is 5.64. The summed E-state index contributed by atoms with van der Waals surface area (Å²) < 4.78 is 5.33. The molecule has 4 heteroatoms. The van der Waals surface area contributed by atoms with E-state index in [2.05, 4.69) is 17.6 Å². The van der Waals surface area contributed by atoms with E-state index in [4.69, 9.17) is 4.74 Å². The lowest BCUT2D eigenvalue weighted by Crippen LogP contribution is -2.46. The highest BCUT2D eigenvalue weighted by Gasteiger charge is 2.31. The predicted octanol–water partition coefficient (Wildman–Crippen LogP) is 1.06. The number of nitrogens with one attached hydrogen (secondary N) is 2. The quantitative estimate of drug-likeness (QED) is 0.772. The molecule has 2 N–H and O–H groups in total. The minimum absolute atomic E-state index is 0.120. The molecule has 2 rings (SSSR count). The van der Waals surface area contributed by atoms with Crippen molar-refractivity contribution >= 4 is 5.91 Å². The van der Waals surface area contributed by atoms with Crippen molar-refractivity contribution in [3.05, 3.63) is 0 Å². The maximum absolute atomic E-state index is 11.9. The van der Waals surface area contributed by atoms with Crippen LogP contribution < -0.4 is 10.6 Å². The minimum Gasteiger partial charge on any atom is -0.379 e. The van der Waals surface area contributed by atoms with E-state index < -0.39 is 0 Å². The Hall–Kier alpha value is -0.610. The average Bonchev–Trinajstić information content (AvgIpc) is 2.74. The molecule has 0 aliphatic carbocycles. The maximum atomic E-state index is 11.9. The normalized spacial score (nSPS) is 30.4. The summed E-state index contributed by atoms with van der Waals surface area (Å²) in [5.74, 6) is 0.922. The molecule has 0 bridgehead atoms. The molecule has 1 amide bonds. The molecule has 0 aromatic heterocycles. The van der Waals surface area contributed by atoms with Gasteiger partial charge in [-0.1, -0.05) is 0 Å². The van der Waals surface area contributed by atoms with Crippen LogP contribution in [0.25, 0.3) is 0 Å². The first-order chi connectivity index (χ1) is 8.18. The van der Waals surface area contributed by atoms with Crippen LogP contribution in [0.3, 0.4) is 0 Å². The molecule has 0 spiro atoms. The first kappa shape index (κ1) is 12.8. The monoisotopic (exact) mass is 240 g/mol. The Bertz CT molecular complexity index is 256. The lowest BCUT2D eigenvalue weighted by Gasteiger charge is -2.25. The van der Waals surface area contributed by atoms with Crippen LogP contribution in [0.1, 0.15) is 39.0 Å². The van der Waals surface area contributed by atoms with Crippen LogP contribution in [0, 0.1) is 5.92 Å². The highest BCUT2D eigenvalue weighted by Crippen LogP contribution is 2.20. The van der Waals surface area contributed by atoms with Gasteiger partial charge in [0.2, 0.25) is 5.91 Å². The van der Waals surface area contributed by atoms with Crippen molar-refractivity contribution in [2.75, 3.05) is 26.3 Å². The van der Waals surface area contributed by atoms with E-state index in [0.29, 0.717) is 13.0 Å². The summed E-state index contributed by atoms with van der Waals surface area (Å²) in [6, 6.07) is 0. The molecule has 0 radical (unpaired) electrons. The smallest absolute Gasteiger partial charge is 0.220 e. The molecule has 1 atom stereocenters. The fraction of sp³-hybridized carbons (Fsp3) is 0.923. The fourth-order valence-electron chi connectivity index (χ4n) is 2.67. The SMILES string of the molecule is CC1(NC(=O)CCC2CCNCC2)CCOC1. The molecule has 1 unspecified atom stereocenters. The van der Waals surface area contributed by atoms with Crippen LogP contribution >= 0.6 is 0 Å². The average molecular weight is 240 g/mol. The van der Waals surface area contributed by atoms with Crippen LogP contribution in [-0.4, -0.2) is 37.7 Å². The summed E-state index contributed by atoms with van der Waals surface area (Å²) in [6.45, 7) is 5.72. The van der Waals surface area contributed by atoms with Crippen molar-refractivity contribution < 1.29 is 9.53 Å². The molecule has 0 aromatic rings. The van der Waals surface area contributed by atoms with Crippen molar-refractivity contribution in [2.24, 2.45) is 5.92 Å². The summed E-state index contributed by atoms with van der Waals surface area (Å²) in [7, 11) is 0. The van der Waals surface area contributed by atoms with Crippen molar-refractivity contribution in [3.8, 4) is 0 Å². The Labute approximate surface area is 103 Å². The standard InChI is InChI=1S/C13H24N2O2/c1-13(6-9-17-10-13)15-12(16)3-2-11-4-7-14-8-5-11/h11,14H,2-10H2,1H3,(H,15,16). The lowest BCUT2D eigenvalue weighted by atomic mass is 9.92. The predicted molar refractivity (Wildman–Crippen MR) is 66.8 cm³/mol. The Morgan fingerprint density at radius 2 is 2.24 bits per heavy atom. The van der Waals surface area contributed by atoms with E-state index in [-0.39, 0.29) is 11.4 Å². The Kier molecular flexibility index (Phi) is 4.40. The Balaban J connectivity index is 1.66. The van der Waals surface area contributed by atoms with Gasteiger partial charge in [-0.25, -0.2) is 0 Å². The topological polar surface area (TPSA) is 50.4 Å². The maximum Gasteiger partial charge on any atom is 0.220 e. The summed E-state index contributed by atoms with van der Waals surface area (Å²) in [6.07, 6.45) is 5.07. The summed E-state index contributed by atoms with van der Waals surface area (Å²) >= 11 is 0. The first-order valence-electron chi connectivity index (χ1n) is 6.77. The molecule has 2 saturated heterocycles. The van der Waals surface area contributed by atoms with Gasteiger partial charge in [-0.05, 0) is 51.6 Å². The molecule has 0 saturated carbocycles. The highest BCUT2D eigenvalue weighted by atomic mass is 16.5. The van der Waals surface area contributed by atoms with Crippen LogP contribution in [-0.2, 0) is 9.53 Å². The van der Waals surface area contributed by atoms with Gasteiger partial charge >= 0.3 is 0 Å². The van der Waals surface area contributed by atoms with Gasteiger partial charge in [0.05, 0.1) is 12.1 Å². The molecule has 2 fully saturated rings. The van der Waals surface area contributed by atoms with Crippen molar-refractivity contribution in [3.63, 3.8) is 0 Å². The molecule has 0 aromatic carbocycles.